The molecule has 0 bridgehead atoms. The molecule has 0 fully saturated rings. The summed E-state index contributed by atoms with van der Waals surface area (Å²) in [5.41, 5.74) is 2.52. The van der Waals surface area contributed by atoms with Gasteiger partial charge in [0.05, 0.1) is 7.11 Å². The number of guanidine groups is 1. The average molecular weight is 431 g/mol. The number of thiophene rings is 1. The summed E-state index contributed by atoms with van der Waals surface area (Å²) in [4.78, 5) is 4.23. The van der Waals surface area contributed by atoms with Crippen LogP contribution in [0.25, 0.3) is 0 Å². The molecule has 0 spiro atoms. The van der Waals surface area contributed by atoms with Crippen LogP contribution in [-0.4, -0.2) is 26.7 Å². The van der Waals surface area contributed by atoms with Crippen LogP contribution >= 0.6 is 35.3 Å². The summed E-state index contributed by atoms with van der Waals surface area (Å²) in [6.07, 6.45) is 0.927. The predicted octanol–water partition coefficient (Wildman–Crippen LogP) is 3.28. The van der Waals surface area contributed by atoms with Crippen molar-refractivity contribution in [3.8, 4) is 5.75 Å². The number of benzene rings is 1. The van der Waals surface area contributed by atoms with Gasteiger partial charge < -0.3 is 15.4 Å². The highest BCUT2D eigenvalue weighted by molar-refractivity contribution is 14.0. The Bertz CT molecular complexity index is 573. The second-order valence-electron chi connectivity index (χ2n) is 4.59. The molecule has 4 nitrogen and oxygen atoms in total. The number of aliphatic imine (C=N–C) groups is 1. The molecule has 0 unspecified atom stereocenters. The zero-order valence-corrected chi connectivity index (χ0v) is 16.0. The topological polar surface area (TPSA) is 45.7 Å². The van der Waals surface area contributed by atoms with Crippen molar-refractivity contribution < 1.29 is 4.74 Å². The van der Waals surface area contributed by atoms with E-state index >= 15 is 0 Å². The van der Waals surface area contributed by atoms with Crippen molar-refractivity contribution in [3.63, 3.8) is 0 Å². The molecule has 0 aliphatic heterocycles. The smallest absolute Gasteiger partial charge is 0.191 e. The van der Waals surface area contributed by atoms with Crippen molar-refractivity contribution in [2.45, 2.75) is 13.0 Å². The Morgan fingerprint density at radius 3 is 2.77 bits per heavy atom. The lowest BCUT2D eigenvalue weighted by molar-refractivity contribution is 0.414. The van der Waals surface area contributed by atoms with Crippen LogP contribution in [0, 0.1) is 0 Å². The third kappa shape index (κ3) is 6.23. The van der Waals surface area contributed by atoms with E-state index in [0.717, 1.165) is 31.2 Å². The fraction of sp³-hybridized carbons (Fsp3) is 0.312. The Kier molecular flexibility index (Phi) is 8.91. The van der Waals surface area contributed by atoms with Gasteiger partial charge in [-0.25, -0.2) is 0 Å². The number of halogens is 1. The number of nitrogens with zero attached hydrogens (tertiary/aromatic N) is 1. The van der Waals surface area contributed by atoms with Crippen molar-refractivity contribution >= 4 is 41.3 Å². The number of ether oxygens (including phenoxy) is 1. The summed E-state index contributed by atoms with van der Waals surface area (Å²) in [7, 11) is 3.47. The van der Waals surface area contributed by atoms with E-state index in [-0.39, 0.29) is 24.0 Å². The number of hydrogen-bond acceptors (Lipinski definition) is 3. The van der Waals surface area contributed by atoms with Crippen LogP contribution in [0.4, 0.5) is 0 Å². The van der Waals surface area contributed by atoms with Gasteiger partial charge in [0.25, 0.3) is 0 Å². The van der Waals surface area contributed by atoms with Crippen LogP contribution in [0.2, 0.25) is 0 Å². The summed E-state index contributed by atoms with van der Waals surface area (Å²) in [5.74, 6) is 1.72. The molecule has 2 N–H and O–H groups in total. The molecule has 6 heteroatoms. The Hall–Kier alpha value is -1.28. The molecule has 1 aromatic heterocycles. The van der Waals surface area contributed by atoms with E-state index in [9.17, 15) is 0 Å². The first-order valence-corrected chi connectivity index (χ1v) is 7.84. The summed E-state index contributed by atoms with van der Waals surface area (Å²) in [5, 5.41) is 10.8. The SMILES string of the molecule is CN=C(NCCc1cccc(OC)c1)NCc1ccsc1.I. The van der Waals surface area contributed by atoms with Crippen LogP contribution in [0.3, 0.4) is 0 Å². The van der Waals surface area contributed by atoms with Crippen LogP contribution in [0.5, 0.6) is 5.75 Å². The van der Waals surface area contributed by atoms with Crippen molar-refractivity contribution in [3.05, 3.63) is 52.2 Å². The van der Waals surface area contributed by atoms with Crippen molar-refractivity contribution in [2.75, 3.05) is 20.7 Å². The third-order valence-electron chi connectivity index (χ3n) is 3.10. The van der Waals surface area contributed by atoms with Crippen LogP contribution in [0.15, 0.2) is 46.1 Å². The number of rotatable bonds is 6. The van der Waals surface area contributed by atoms with E-state index in [2.05, 4.69) is 44.6 Å². The second kappa shape index (κ2) is 10.4. The summed E-state index contributed by atoms with van der Waals surface area (Å²) in [6, 6.07) is 10.2. The number of hydrogen-bond donors (Lipinski definition) is 2. The molecular formula is C16H22IN3OS. The molecule has 2 rings (SSSR count). The maximum Gasteiger partial charge on any atom is 0.191 e. The molecule has 22 heavy (non-hydrogen) atoms. The first kappa shape index (κ1) is 18.8. The molecule has 0 radical (unpaired) electrons. The van der Waals surface area contributed by atoms with Gasteiger partial charge in [0, 0.05) is 20.1 Å². The number of nitrogens with one attached hydrogen (secondary N) is 2. The minimum Gasteiger partial charge on any atom is -0.497 e. The molecule has 0 saturated carbocycles. The largest absolute Gasteiger partial charge is 0.497 e. The lowest BCUT2D eigenvalue weighted by Crippen LogP contribution is -2.37. The van der Waals surface area contributed by atoms with Crippen molar-refractivity contribution in [1.29, 1.82) is 0 Å². The molecular weight excluding hydrogens is 409 g/mol. The first-order valence-electron chi connectivity index (χ1n) is 6.90. The molecule has 120 valence electrons. The van der Waals surface area contributed by atoms with Gasteiger partial charge in [-0.05, 0) is 46.5 Å². The van der Waals surface area contributed by atoms with Gasteiger partial charge in [0.1, 0.15) is 5.75 Å². The zero-order chi connectivity index (χ0) is 14.9. The van der Waals surface area contributed by atoms with Gasteiger partial charge in [0.15, 0.2) is 5.96 Å². The second-order valence-corrected chi connectivity index (χ2v) is 5.37. The summed E-state index contributed by atoms with van der Waals surface area (Å²) in [6.45, 7) is 1.62. The van der Waals surface area contributed by atoms with Crippen molar-refractivity contribution in [1.82, 2.24) is 10.6 Å². The molecule has 1 heterocycles. The minimum atomic E-state index is 0. The van der Waals surface area contributed by atoms with Gasteiger partial charge >= 0.3 is 0 Å². The van der Waals surface area contributed by atoms with E-state index in [1.54, 1.807) is 25.5 Å². The highest BCUT2D eigenvalue weighted by atomic mass is 127. The van der Waals surface area contributed by atoms with Crippen LogP contribution in [-0.2, 0) is 13.0 Å². The van der Waals surface area contributed by atoms with E-state index in [1.165, 1.54) is 11.1 Å². The van der Waals surface area contributed by atoms with E-state index in [4.69, 9.17) is 4.74 Å². The van der Waals surface area contributed by atoms with Gasteiger partial charge in [0.2, 0.25) is 0 Å². The predicted molar refractivity (Wildman–Crippen MR) is 105 cm³/mol. The monoisotopic (exact) mass is 431 g/mol. The van der Waals surface area contributed by atoms with E-state index in [0.29, 0.717) is 0 Å². The molecule has 0 aliphatic rings. The maximum absolute atomic E-state index is 5.23. The highest BCUT2D eigenvalue weighted by Crippen LogP contribution is 2.12. The molecule has 0 amide bonds. The molecule has 0 saturated heterocycles. The highest BCUT2D eigenvalue weighted by Gasteiger charge is 2.00. The molecule has 2 aromatic rings. The van der Waals surface area contributed by atoms with Crippen LogP contribution in [0.1, 0.15) is 11.1 Å². The lowest BCUT2D eigenvalue weighted by Gasteiger charge is -2.11. The summed E-state index contributed by atoms with van der Waals surface area (Å²) >= 11 is 1.71. The fourth-order valence-corrected chi connectivity index (χ4v) is 2.62. The van der Waals surface area contributed by atoms with E-state index in [1.807, 2.05) is 12.1 Å². The normalized spacial score (nSPS) is 10.7. The average Bonchev–Trinajstić information content (AvgIpc) is 3.04. The van der Waals surface area contributed by atoms with Gasteiger partial charge in [-0.3, -0.25) is 4.99 Å². The van der Waals surface area contributed by atoms with Gasteiger partial charge in [-0.15, -0.1) is 24.0 Å². The third-order valence-corrected chi connectivity index (χ3v) is 3.84. The Morgan fingerprint density at radius 2 is 2.09 bits per heavy atom. The zero-order valence-electron chi connectivity index (χ0n) is 12.8. The molecule has 0 aliphatic carbocycles. The van der Waals surface area contributed by atoms with Crippen LogP contribution < -0.4 is 15.4 Å². The van der Waals surface area contributed by atoms with Gasteiger partial charge in [-0.2, -0.15) is 11.3 Å². The Morgan fingerprint density at radius 1 is 1.23 bits per heavy atom. The summed E-state index contributed by atoms with van der Waals surface area (Å²) < 4.78 is 5.23. The quantitative estimate of drug-likeness (QED) is 0.419. The fourth-order valence-electron chi connectivity index (χ4n) is 1.95. The standard InChI is InChI=1S/C16H21N3OS.HI/c1-17-16(19-11-14-7-9-21-12-14)18-8-6-13-4-3-5-15(10-13)20-2;/h3-5,7,9-10,12H,6,8,11H2,1-2H3,(H2,17,18,19);1H. The Labute approximate surface area is 153 Å². The number of methoxy groups -OCH3 is 1. The van der Waals surface area contributed by atoms with Gasteiger partial charge in [-0.1, -0.05) is 12.1 Å². The maximum atomic E-state index is 5.23. The Balaban J connectivity index is 0.00000242. The lowest BCUT2D eigenvalue weighted by atomic mass is 10.1. The van der Waals surface area contributed by atoms with Crippen molar-refractivity contribution in [2.24, 2.45) is 4.99 Å². The molecule has 0 atom stereocenters. The molecule has 1 aromatic carbocycles. The first-order chi connectivity index (χ1) is 10.3. The minimum absolute atomic E-state index is 0. The van der Waals surface area contributed by atoms with E-state index < -0.39 is 0 Å².